The average molecular weight is 166 g/mol. The lowest BCUT2D eigenvalue weighted by Gasteiger charge is -1.82. The van der Waals surface area contributed by atoms with Crippen LogP contribution in [0.1, 0.15) is 15.2 Å². The maximum Gasteiger partial charge on any atom is 0.160 e. The quantitative estimate of drug-likeness (QED) is 0.609. The summed E-state index contributed by atoms with van der Waals surface area (Å²) in [7, 11) is 0. The number of aldehydes is 1. The summed E-state index contributed by atoms with van der Waals surface area (Å²) >= 11 is 1.47. The van der Waals surface area contributed by atoms with Crippen molar-refractivity contribution in [1.29, 1.82) is 0 Å². The zero-order valence-electron chi connectivity index (χ0n) is 5.96. The number of furan rings is 1. The number of carbonyl (C=O) groups excluding carboxylic acids is 1. The summed E-state index contributed by atoms with van der Waals surface area (Å²) in [4.78, 5) is 11.2. The molecular weight excluding hydrogens is 160 g/mol. The van der Waals surface area contributed by atoms with Gasteiger partial charge < -0.3 is 4.42 Å². The second-order valence-electron chi connectivity index (χ2n) is 2.32. The van der Waals surface area contributed by atoms with E-state index in [1.54, 1.807) is 6.26 Å². The van der Waals surface area contributed by atoms with Crippen LogP contribution in [0.5, 0.6) is 0 Å². The Kier molecular flexibility index (Phi) is 1.32. The van der Waals surface area contributed by atoms with Gasteiger partial charge in [0.15, 0.2) is 6.29 Å². The molecule has 0 atom stereocenters. The molecule has 0 aromatic carbocycles. The minimum absolute atomic E-state index is 0.763. The van der Waals surface area contributed by atoms with Crippen LogP contribution in [-0.4, -0.2) is 6.29 Å². The van der Waals surface area contributed by atoms with Gasteiger partial charge in [-0.15, -0.1) is 11.3 Å². The minimum Gasteiger partial charge on any atom is -0.463 e. The van der Waals surface area contributed by atoms with Crippen molar-refractivity contribution in [3.05, 3.63) is 22.8 Å². The maximum absolute atomic E-state index is 10.5. The molecule has 0 aliphatic heterocycles. The van der Waals surface area contributed by atoms with Gasteiger partial charge in [-0.1, -0.05) is 0 Å². The fourth-order valence-corrected chi connectivity index (χ4v) is 2.02. The van der Waals surface area contributed by atoms with Gasteiger partial charge in [-0.25, -0.2) is 0 Å². The van der Waals surface area contributed by atoms with Crippen LogP contribution in [0, 0.1) is 6.92 Å². The second-order valence-corrected chi connectivity index (χ2v) is 3.41. The highest BCUT2D eigenvalue weighted by atomic mass is 32.1. The molecule has 56 valence electrons. The first-order valence-electron chi connectivity index (χ1n) is 3.24. The molecule has 2 nitrogen and oxygen atoms in total. The lowest BCUT2D eigenvalue weighted by molar-refractivity contribution is 0.112. The standard InChI is InChI=1S/C8H6O2S/c1-5-7(4-9)11-6-2-3-10-8(5)6/h2-4H,1H3. The Bertz CT molecular complexity index is 397. The number of hydrogen-bond donors (Lipinski definition) is 0. The molecule has 0 saturated carbocycles. The molecule has 0 saturated heterocycles. The first kappa shape index (κ1) is 6.61. The SMILES string of the molecule is Cc1c(C=O)sc2ccoc12. The molecule has 0 fully saturated rings. The molecule has 2 heterocycles. The first-order chi connectivity index (χ1) is 5.33. The van der Waals surface area contributed by atoms with Crippen molar-refractivity contribution in [3.8, 4) is 0 Å². The molecule has 0 aliphatic rings. The molecule has 2 rings (SSSR count). The summed E-state index contributed by atoms with van der Waals surface area (Å²) in [6.45, 7) is 1.89. The van der Waals surface area contributed by atoms with Crippen molar-refractivity contribution >= 4 is 27.9 Å². The summed E-state index contributed by atoms with van der Waals surface area (Å²) in [5, 5.41) is 0. The Hall–Kier alpha value is -1.09. The predicted molar refractivity (Wildman–Crippen MR) is 44.2 cm³/mol. The van der Waals surface area contributed by atoms with Crippen molar-refractivity contribution in [1.82, 2.24) is 0 Å². The van der Waals surface area contributed by atoms with E-state index in [0.717, 1.165) is 27.0 Å². The molecule has 2 aromatic rings. The van der Waals surface area contributed by atoms with E-state index in [4.69, 9.17) is 4.42 Å². The number of rotatable bonds is 1. The summed E-state index contributed by atoms with van der Waals surface area (Å²) in [6.07, 6.45) is 2.51. The molecule has 3 heteroatoms. The fraction of sp³-hybridized carbons (Fsp3) is 0.125. The third-order valence-corrected chi connectivity index (χ3v) is 2.83. The molecule has 0 N–H and O–H groups in total. The van der Waals surface area contributed by atoms with Gasteiger partial charge in [0.1, 0.15) is 5.58 Å². The van der Waals surface area contributed by atoms with Gasteiger partial charge in [-0.2, -0.15) is 0 Å². The van der Waals surface area contributed by atoms with Crippen molar-refractivity contribution < 1.29 is 9.21 Å². The number of fused-ring (bicyclic) bond motifs is 1. The third-order valence-electron chi connectivity index (χ3n) is 1.67. The second kappa shape index (κ2) is 2.20. The molecule has 0 unspecified atom stereocenters. The fourth-order valence-electron chi connectivity index (χ4n) is 1.07. The Labute approximate surface area is 67.4 Å². The van der Waals surface area contributed by atoms with E-state index in [2.05, 4.69) is 0 Å². The smallest absolute Gasteiger partial charge is 0.160 e. The number of hydrogen-bond acceptors (Lipinski definition) is 3. The minimum atomic E-state index is 0.763. The molecule has 0 radical (unpaired) electrons. The highest BCUT2D eigenvalue weighted by Crippen LogP contribution is 2.29. The van der Waals surface area contributed by atoms with Crippen LogP contribution in [0.2, 0.25) is 0 Å². The van der Waals surface area contributed by atoms with Crippen molar-refractivity contribution in [2.45, 2.75) is 6.92 Å². The summed E-state index contributed by atoms with van der Waals surface area (Å²) in [6, 6.07) is 1.88. The maximum atomic E-state index is 10.5. The van der Waals surface area contributed by atoms with E-state index in [9.17, 15) is 4.79 Å². The number of thiophene rings is 1. The molecule has 0 aliphatic carbocycles. The first-order valence-corrected chi connectivity index (χ1v) is 4.06. The Morgan fingerprint density at radius 1 is 1.64 bits per heavy atom. The van der Waals surface area contributed by atoms with E-state index >= 15 is 0 Å². The van der Waals surface area contributed by atoms with Crippen LogP contribution in [0.4, 0.5) is 0 Å². The largest absolute Gasteiger partial charge is 0.463 e. The Balaban J connectivity index is 2.86. The van der Waals surface area contributed by atoms with Crippen LogP contribution in [0.15, 0.2) is 16.7 Å². The zero-order chi connectivity index (χ0) is 7.84. The third kappa shape index (κ3) is 0.811. The topological polar surface area (TPSA) is 30.2 Å². The monoisotopic (exact) mass is 166 g/mol. The zero-order valence-corrected chi connectivity index (χ0v) is 6.77. The Morgan fingerprint density at radius 3 is 3.09 bits per heavy atom. The number of aryl methyl sites for hydroxylation is 1. The van der Waals surface area contributed by atoms with E-state index in [1.165, 1.54) is 11.3 Å². The van der Waals surface area contributed by atoms with Gasteiger partial charge in [0, 0.05) is 5.56 Å². The lowest BCUT2D eigenvalue weighted by atomic mass is 10.3. The molecule has 0 bridgehead atoms. The van der Waals surface area contributed by atoms with Gasteiger partial charge >= 0.3 is 0 Å². The highest BCUT2D eigenvalue weighted by molar-refractivity contribution is 7.20. The van der Waals surface area contributed by atoms with Crippen molar-refractivity contribution in [3.63, 3.8) is 0 Å². The van der Waals surface area contributed by atoms with E-state index < -0.39 is 0 Å². The van der Waals surface area contributed by atoms with Gasteiger partial charge in [0.2, 0.25) is 0 Å². The van der Waals surface area contributed by atoms with E-state index in [-0.39, 0.29) is 0 Å². The molecule has 11 heavy (non-hydrogen) atoms. The number of carbonyl (C=O) groups is 1. The van der Waals surface area contributed by atoms with Crippen LogP contribution in [-0.2, 0) is 0 Å². The van der Waals surface area contributed by atoms with Gasteiger partial charge in [-0.3, -0.25) is 4.79 Å². The van der Waals surface area contributed by atoms with E-state index in [0.29, 0.717) is 0 Å². The van der Waals surface area contributed by atoms with Crippen LogP contribution in [0.3, 0.4) is 0 Å². The molecule has 2 aromatic heterocycles. The molecule has 0 spiro atoms. The summed E-state index contributed by atoms with van der Waals surface area (Å²) < 4.78 is 6.23. The Morgan fingerprint density at radius 2 is 2.45 bits per heavy atom. The predicted octanol–water partition coefficient (Wildman–Crippen LogP) is 2.62. The molecule has 0 amide bonds. The van der Waals surface area contributed by atoms with Crippen LogP contribution < -0.4 is 0 Å². The van der Waals surface area contributed by atoms with Crippen molar-refractivity contribution in [2.24, 2.45) is 0 Å². The van der Waals surface area contributed by atoms with Crippen LogP contribution in [0.25, 0.3) is 10.3 Å². The highest BCUT2D eigenvalue weighted by Gasteiger charge is 2.08. The average Bonchev–Trinajstić information content (AvgIpc) is 2.53. The van der Waals surface area contributed by atoms with Gasteiger partial charge in [0.05, 0.1) is 15.8 Å². The summed E-state index contributed by atoms with van der Waals surface area (Å²) in [5.41, 5.74) is 1.79. The summed E-state index contributed by atoms with van der Waals surface area (Å²) in [5.74, 6) is 0. The van der Waals surface area contributed by atoms with Crippen molar-refractivity contribution in [2.75, 3.05) is 0 Å². The lowest BCUT2D eigenvalue weighted by Crippen LogP contribution is -1.73. The van der Waals surface area contributed by atoms with Crippen LogP contribution >= 0.6 is 11.3 Å². The van der Waals surface area contributed by atoms with Gasteiger partial charge in [-0.05, 0) is 13.0 Å². The van der Waals surface area contributed by atoms with Gasteiger partial charge in [0.25, 0.3) is 0 Å². The van der Waals surface area contributed by atoms with E-state index in [1.807, 2.05) is 13.0 Å². The normalized spacial score (nSPS) is 10.6. The molecular formula is C8H6O2S.